The lowest BCUT2D eigenvalue weighted by molar-refractivity contribution is -0.145. The van der Waals surface area contributed by atoms with E-state index in [4.69, 9.17) is 4.74 Å². The summed E-state index contributed by atoms with van der Waals surface area (Å²) in [7, 11) is 1.37. The summed E-state index contributed by atoms with van der Waals surface area (Å²) in [5, 5.41) is 12.3. The normalized spacial score (nSPS) is 12.1. The van der Waals surface area contributed by atoms with Crippen molar-refractivity contribution in [2.24, 2.45) is 0 Å². The van der Waals surface area contributed by atoms with E-state index < -0.39 is 6.04 Å². The highest BCUT2D eigenvalue weighted by Gasteiger charge is 2.23. The standard InChI is InChI=1S/C14H18N4O2/c1-3-4-10-12(14(19)20-2)18-16-13(15-17-18)11-8-6-5-7-9-11/h5-9,12H,3-4,10H2,1-2H3. The summed E-state index contributed by atoms with van der Waals surface area (Å²) in [6, 6.07) is 9.04. The highest BCUT2D eigenvalue weighted by atomic mass is 16.5. The van der Waals surface area contributed by atoms with Crippen LogP contribution in [-0.4, -0.2) is 33.3 Å². The zero-order valence-electron chi connectivity index (χ0n) is 11.7. The van der Waals surface area contributed by atoms with Crippen molar-refractivity contribution >= 4 is 5.97 Å². The molecule has 20 heavy (non-hydrogen) atoms. The van der Waals surface area contributed by atoms with Crippen LogP contribution in [0.4, 0.5) is 0 Å². The van der Waals surface area contributed by atoms with Gasteiger partial charge >= 0.3 is 5.97 Å². The van der Waals surface area contributed by atoms with Gasteiger partial charge in [0.05, 0.1) is 7.11 Å². The molecule has 0 bridgehead atoms. The van der Waals surface area contributed by atoms with Crippen molar-refractivity contribution in [2.75, 3.05) is 7.11 Å². The predicted octanol–water partition coefficient (Wildman–Crippen LogP) is 2.24. The number of unbranched alkanes of at least 4 members (excludes halogenated alkanes) is 1. The Labute approximate surface area is 117 Å². The maximum atomic E-state index is 11.8. The number of esters is 1. The first kappa shape index (κ1) is 14.2. The Morgan fingerprint density at radius 1 is 1.35 bits per heavy atom. The number of methoxy groups -OCH3 is 1. The van der Waals surface area contributed by atoms with Crippen LogP contribution in [0, 0.1) is 0 Å². The van der Waals surface area contributed by atoms with Gasteiger partial charge in [-0.3, -0.25) is 0 Å². The van der Waals surface area contributed by atoms with Gasteiger partial charge in [0.1, 0.15) is 0 Å². The molecular weight excluding hydrogens is 256 g/mol. The van der Waals surface area contributed by atoms with Gasteiger partial charge in [0.15, 0.2) is 6.04 Å². The second-order valence-corrected chi connectivity index (χ2v) is 4.48. The number of hydrogen-bond donors (Lipinski definition) is 0. The fourth-order valence-corrected chi connectivity index (χ4v) is 1.92. The average molecular weight is 274 g/mol. The van der Waals surface area contributed by atoms with Crippen LogP contribution in [0.2, 0.25) is 0 Å². The highest BCUT2D eigenvalue weighted by molar-refractivity contribution is 5.73. The molecule has 2 aromatic rings. The number of ether oxygens (including phenoxy) is 1. The van der Waals surface area contributed by atoms with E-state index in [-0.39, 0.29) is 5.97 Å². The van der Waals surface area contributed by atoms with Crippen LogP contribution >= 0.6 is 0 Å². The zero-order chi connectivity index (χ0) is 14.4. The third-order valence-electron chi connectivity index (χ3n) is 3.04. The molecule has 0 spiro atoms. The van der Waals surface area contributed by atoms with Gasteiger partial charge in [-0.15, -0.1) is 15.0 Å². The zero-order valence-corrected chi connectivity index (χ0v) is 11.7. The number of aromatic nitrogens is 4. The minimum atomic E-state index is -0.509. The number of nitrogens with zero attached hydrogens (tertiary/aromatic N) is 4. The molecular formula is C14H18N4O2. The van der Waals surface area contributed by atoms with E-state index in [1.54, 1.807) is 0 Å². The summed E-state index contributed by atoms with van der Waals surface area (Å²) in [6.45, 7) is 2.07. The van der Waals surface area contributed by atoms with Crippen molar-refractivity contribution in [1.29, 1.82) is 0 Å². The molecule has 0 aliphatic rings. The molecule has 1 atom stereocenters. The Kier molecular flexibility index (Phi) is 4.81. The lowest BCUT2D eigenvalue weighted by Crippen LogP contribution is -2.23. The first-order chi connectivity index (χ1) is 9.76. The minimum Gasteiger partial charge on any atom is -0.467 e. The van der Waals surface area contributed by atoms with Crippen molar-refractivity contribution in [3.8, 4) is 11.4 Å². The smallest absolute Gasteiger partial charge is 0.332 e. The lowest BCUT2D eigenvalue weighted by atomic mass is 10.1. The molecule has 0 fully saturated rings. The van der Waals surface area contributed by atoms with Gasteiger partial charge in [0.25, 0.3) is 0 Å². The fourth-order valence-electron chi connectivity index (χ4n) is 1.92. The topological polar surface area (TPSA) is 69.9 Å². The monoisotopic (exact) mass is 274 g/mol. The molecule has 1 unspecified atom stereocenters. The molecule has 0 aliphatic heterocycles. The predicted molar refractivity (Wildman–Crippen MR) is 73.8 cm³/mol. The van der Waals surface area contributed by atoms with E-state index in [2.05, 4.69) is 22.3 Å². The Hall–Kier alpha value is -2.24. The molecule has 0 radical (unpaired) electrons. The van der Waals surface area contributed by atoms with Crippen molar-refractivity contribution in [3.63, 3.8) is 0 Å². The first-order valence-electron chi connectivity index (χ1n) is 6.69. The van der Waals surface area contributed by atoms with E-state index in [9.17, 15) is 4.79 Å². The fraction of sp³-hybridized carbons (Fsp3) is 0.429. The molecule has 2 rings (SSSR count). The van der Waals surface area contributed by atoms with E-state index in [0.29, 0.717) is 12.2 Å². The summed E-state index contributed by atoms with van der Waals surface area (Å²) in [4.78, 5) is 13.2. The molecule has 1 aromatic carbocycles. The molecule has 0 aliphatic carbocycles. The van der Waals surface area contributed by atoms with Crippen LogP contribution in [0.1, 0.15) is 32.2 Å². The number of rotatable bonds is 6. The molecule has 1 aromatic heterocycles. The number of tetrazole rings is 1. The molecule has 0 saturated carbocycles. The largest absolute Gasteiger partial charge is 0.467 e. The SMILES string of the molecule is CCCCC(C(=O)OC)n1nnc(-c2ccccc2)n1. The van der Waals surface area contributed by atoms with Gasteiger partial charge in [0, 0.05) is 5.56 Å². The Morgan fingerprint density at radius 2 is 2.10 bits per heavy atom. The van der Waals surface area contributed by atoms with E-state index in [0.717, 1.165) is 18.4 Å². The summed E-state index contributed by atoms with van der Waals surface area (Å²) in [5.41, 5.74) is 0.873. The van der Waals surface area contributed by atoms with Gasteiger partial charge in [0.2, 0.25) is 5.82 Å². The van der Waals surface area contributed by atoms with Crippen LogP contribution in [0.3, 0.4) is 0 Å². The van der Waals surface area contributed by atoms with Gasteiger partial charge in [-0.25, -0.2) is 4.79 Å². The van der Waals surface area contributed by atoms with E-state index >= 15 is 0 Å². The van der Waals surface area contributed by atoms with Crippen molar-refractivity contribution in [2.45, 2.75) is 32.2 Å². The van der Waals surface area contributed by atoms with Crippen LogP contribution in [0.5, 0.6) is 0 Å². The van der Waals surface area contributed by atoms with Gasteiger partial charge in [-0.1, -0.05) is 50.1 Å². The third kappa shape index (κ3) is 3.20. The third-order valence-corrected chi connectivity index (χ3v) is 3.04. The molecule has 0 amide bonds. The minimum absolute atomic E-state index is 0.338. The van der Waals surface area contributed by atoms with Gasteiger partial charge in [-0.05, 0) is 11.6 Å². The quantitative estimate of drug-likeness (QED) is 0.755. The molecule has 6 heteroatoms. The van der Waals surface area contributed by atoms with Crippen molar-refractivity contribution in [3.05, 3.63) is 30.3 Å². The molecule has 6 nitrogen and oxygen atoms in total. The molecule has 106 valence electrons. The number of hydrogen-bond acceptors (Lipinski definition) is 5. The van der Waals surface area contributed by atoms with Crippen LogP contribution in [-0.2, 0) is 9.53 Å². The number of benzene rings is 1. The molecule has 0 N–H and O–H groups in total. The lowest BCUT2D eigenvalue weighted by Gasteiger charge is -2.12. The van der Waals surface area contributed by atoms with Crippen LogP contribution in [0.25, 0.3) is 11.4 Å². The number of carbonyl (C=O) groups is 1. The summed E-state index contributed by atoms with van der Waals surface area (Å²) >= 11 is 0. The van der Waals surface area contributed by atoms with E-state index in [1.165, 1.54) is 11.9 Å². The summed E-state index contributed by atoms with van der Waals surface area (Å²) in [6.07, 6.45) is 2.55. The van der Waals surface area contributed by atoms with Crippen molar-refractivity contribution < 1.29 is 9.53 Å². The van der Waals surface area contributed by atoms with Crippen LogP contribution < -0.4 is 0 Å². The van der Waals surface area contributed by atoms with Crippen LogP contribution in [0.15, 0.2) is 30.3 Å². The van der Waals surface area contributed by atoms with Gasteiger partial charge < -0.3 is 4.74 Å². The summed E-state index contributed by atoms with van der Waals surface area (Å²) < 4.78 is 4.81. The Balaban J connectivity index is 2.22. The Bertz CT molecular complexity index is 553. The molecule has 1 heterocycles. The maximum Gasteiger partial charge on any atom is 0.332 e. The van der Waals surface area contributed by atoms with Crippen molar-refractivity contribution in [1.82, 2.24) is 20.2 Å². The molecule has 0 saturated heterocycles. The van der Waals surface area contributed by atoms with Gasteiger partial charge in [-0.2, -0.15) is 0 Å². The Morgan fingerprint density at radius 3 is 2.75 bits per heavy atom. The highest BCUT2D eigenvalue weighted by Crippen LogP contribution is 2.17. The number of carbonyl (C=O) groups excluding carboxylic acids is 1. The van der Waals surface area contributed by atoms with E-state index in [1.807, 2.05) is 30.3 Å². The average Bonchev–Trinajstić information content (AvgIpc) is 2.98. The summed E-state index contributed by atoms with van der Waals surface area (Å²) in [5.74, 6) is 0.173. The second kappa shape index (κ2) is 6.79. The maximum absolute atomic E-state index is 11.8. The first-order valence-corrected chi connectivity index (χ1v) is 6.69. The second-order valence-electron chi connectivity index (χ2n) is 4.48.